The summed E-state index contributed by atoms with van der Waals surface area (Å²) in [6.07, 6.45) is 1.96. The molecule has 0 unspecified atom stereocenters. The molecule has 10 heteroatoms. The quantitative estimate of drug-likeness (QED) is 0.224. The molecule has 0 aromatic carbocycles. The summed E-state index contributed by atoms with van der Waals surface area (Å²) < 4.78 is 15.1. The van der Waals surface area contributed by atoms with Gasteiger partial charge in [-0.1, -0.05) is 13.2 Å². The minimum atomic E-state index is -1.16. The second-order valence-corrected chi connectivity index (χ2v) is 5.66. The number of amides is 3. The first kappa shape index (κ1) is 24.1. The van der Waals surface area contributed by atoms with Crippen LogP contribution in [0.3, 0.4) is 0 Å². The molecule has 27 heavy (non-hydrogen) atoms. The van der Waals surface area contributed by atoms with Gasteiger partial charge in [0, 0.05) is 32.2 Å². The summed E-state index contributed by atoms with van der Waals surface area (Å²) in [5, 5.41) is 7.71. The molecule has 0 radical (unpaired) electrons. The Morgan fingerprint density at radius 1 is 0.926 bits per heavy atom. The molecule has 3 amide bonds. The van der Waals surface area contributed by atoms with Crippen LogP contribution in [0.5, 0.6) is 0 Å². The minimum Gasteiger partial charge on any atom is -0.460 e. The van der Waals surface area contributed by atoms with Crippen LogP contribution in [0.1, 0.15) is 13.8 Å². The number of esters is 2. The van der Waals surface area contributed by atoms with E-state index in [4.69, 9.17) is 14.2 Å². The Morgan fingerprint density at radius 3 is 1.85 bits per heavy atom. The van der Waals surface area contributed by atoms with Crippen LogP contribution in [0.4, 0.5) is 4.79 Å². The summed E-state index contributed by atoms with van der Waals surface area (Å²) in [4.78, 5) is 45.2. The first-order valence-corrected chi connectivity index (χ1v) is 8.19. The average molecular weight is 385 g/mol. The molecule has 0 spiro atoms. The maximum Gasteiger partial charge on any atom is 0.330 e. The van der Waals surface area contributed by atoms with Crippen LogP contribution >= 0.6 is 0 Å². The molecular weight excluding hydrogens is 358 g/mol. The number of ether oxygens (including phenoxy) is 3. The molecule has 0 bridgehead atoms. The maximum absolute atomic E-state index is 12.0. The molecule has 0 fully saturated rings. The van der Waals surface area contributed by atoms with Gasteiger partial charge in [0.05, 0.1) is 13.2 Å². The minimum absolute atomic E-state index is 0.148. The first-order valence-electron chi connectivity index (χ1n) is 8.19. The molecule has 152 valence electrons. The Balaban J connectivity index is 4.36. The molecule has 0 heterocycles. The normalized spacial score (nSPS) is 10.3. The van der Waals surface area contributed by atoms with Crippen LogP contribution in [-0.2, 0) is 28.6 Å². The number of hydrogen-bond donors (Lipinski definition) is 3. The van der Waals surface area contributed by atoms with Crippen LogP contribution in [-0.4, -0.2) is 68.9 Å². The van der Waals surface area contributed by atoms with Crippen molar-refractivity contribution in [3.8, 4) is 0 Å². The molecule has 3 N–H and O–H groups in total. The van der Waals surface area contributed by atoms with Gasteiger partial charge in [-0.3, -0.25) is 4.79 Å². The number of carbonyl (C=O) groups excluding carboxylic acids is 4. The van der Waals surface area contributed by atoms with Crippen molar-refractivity contribution in [1.82, 2.24) is 16.0 Å². The van der Waals surface area contributed by atoms with E-state index < -0.39 is 23.5 Å². The largest absolute Gasteiger partial charge is 0.460 e. The third kappa shape index (κ3) is 13.0. The van der Waals surface area contributed by atoms with Crippen molar-refractivity contribution in [1.29, 1.82) is 0 Å². The standard InChI is InChI=1S/C17H27N3O7/c1-5-14(22)26-11-17(4,12-27-15(23)6-2)20-16(24)19-8-10-25-9-7-18-13(3)21/h5-6H,1-2,7-12H2,3-4H3,(H,18,21)(H2,19,20,24). The average Bonchev–Trinajstić information content (AvgIpc) is 2.63. The molecule has 0 rings (SSSR count). The van der Waals surface area contributed by atoms with Gasteiger partial charge in [-0.2, -0.15) is 0 Å². The summed E-state index contributed by atoms with van der Waals surface area (Å²) in [6, 6.07) is -0.563. The highest BCUT2D eigenvalue weighted by atomic mass is 16.5. The van der Waals surface area contributed by atoms with E-state index >= 15 is 0 Å². The molecule has 0 aromatic rings. The highest BCUT2D eigenvalue weighted by Crippen LogP contribution is 2.07. The summed E-state index contributed by atoms with van der Waals surface area (Å²) in [5.74, 6) is -1.50. The smallest absolute Gasteiger partial charge is 0.330 e. The van der Waals surface area contributed by atoms with E-state index in [-0.39, 0.29) is 32.3 Å². The van der Waals surface area contributed by atoms with Crippen LogP contribution in [0.2, 0.25) is 0 Å². The van der Waals surface area contributed by atoms with Crippen LogP contribution in [0, 0.1) is 0 Å². The molecule has 0 saturated heterocycles. The van der Waals surface area contributed by atoms with E-state index in [9.17, 15) is 19.2 Å². The van der Waals surface area contributed by atoms with Crippen molar-refractivity contribution in [2.24, 2.45) is 0 Å². The molecule has 0 aliphatic carbocycles. The Kier molecular flexibility index (Phi) is 11.9. The van der Waals surface area contributed by atoms with E-state index in [2.05, 4.69) is 29.1 Å². The van der Waals surface area contributed by atoms with Gasteiger partial charge in [-0.05, 0) is 6.92 Å². The van der Waals surface area contributed by atoms with Crippen molar-refractivity contribution < 1.29 is 33.4 Å². The molecular formula is C17H27N3O7. The monoisotopic (exact) mass is 385 g/mol. The highest BCUT2D eigenvalue weighted by molar-refractivity contribution is 5.82. The van der Waals surface area contributed by atoms with Crippen molar-refractivity contribution in [2.75, 3.05) is 39.5 Å². The predicted octanol–water partition coefficient (Wildman–Crippen LogP) is -0.345. The summed E-state index contributed by atoms with van der Waals surface area (Å²) in [6.45, 7) is 10.2. The van der Waals surface area contributed by atoms with Gasteiger partial charge in [-0.25, -0.2) is 14.4 Å². The van der Waals surface area contributed by atoms with E-state index in [0.717, 1.165) is 12.2 Å². The summed E-state index contributed by atoms with van der Waals surface area (Å²) in [7, 11) is 0. The SMILES string of the molecule is C=CC(=O)OCC(C)(COC(=O)C=C)NC(=O)NCCOCCNC(C)=O. The predicted molar refractivity (Wildman–Crippen MR) is 96.8 cm³/mol. The van der Waals surface area contributed by atoms with E-state index in [1.165, 1.54) is 6.92 Å². The van der Waals surface area contributed by atoms with Crippen molar-refractivity contribution in [3.05, 3.63) is 25.3 Å². The number of nitrogens with one attached hydrogen (secondary N) is 3. The molecule has 10 nitrogen and oxygen atoms in total. The van der Waals surface area contributed by atoms with Gasteiger partial charge < -0.3 is 30.2 Å². The van der Waals surface area contributed by atoms with Gasteiger partial charge in [0.2, 0.25) is 5.91 Å². The lowest BCUT2D eigenvalue weighted by atomic mass is 10.1. The fourth-order valence-electron chi connectivity index (χ4n) is 1.65. The van der Waals surface area contributed by atoms with Gasteiger partial charge in [0.1, 0.15) is 18.8 Å². The molecule has 0 atom stereocenters. The van der Waals surface area contributed by atoms with Crippen LogP contribution in [0.15, 0.2) is 25.3 Å². The number of urea groups is 1. The third-order valence-corrected chi connectivity index (χ3v) is 2.97. The second-order valence-electron chi connectivity index (χ2n) is 5.66. The molecule has 0 saturated carbocycles. The van der Waals surface area contributed by atoms with Crippen molar-refractivity contribution in [3.63, 3.8) is 0 Å². The van der Waals surface area contributed by atoms with E-state index in [1.807, 2.05) is 0 Å². The maximum atomic E-state index is 12.0. The summed E-state index contributed by atoms with van der Waals surface area (Å²) >= 11 is 0. The van der Waals surface area contributed by atoms with E-state index in [0.29, 0.717) is 13.2 Å². The zero-order chi connectivity index (χ0) is 20.7. The Hall–Kier alpha value is -2.88. The summed E-state index contributed by atoms with van der Waals surface area (Å²) in [5.41, 5.74) is -1.16. The lowest BCUT2D eigenvalue weighted by Gasteiger charge is -2.29. The van der Waals surface area contributed by atoms with Crippen molar-refractivity contribution in [2.45, 2.75) is 19.4 Å². The topological polar surface area (TPSA) is 132 Å². The highest BCUT2D eigenvalue weighted by Gasteiger charge is 2.30. The number of hydrogen-bond acceptors (Lipinski definition) is 7. The number of carbonyl (C=O) groups is 4. The van der Waals surface area contributed by atoms with E-state index in [1.54, 1.807) is 6.92 Å². The zero-order valence-corrected chi connectivity index (χ0v) is 15.7. The molecule has 0 aliphatic heterocycles. The van der Waals surface area contributed by atoms with Gasteiger partial charge in [-0.15, -0.1) is 0 Å². The Morgan fingerprint density at radius 2 is 1.41 bits per heavy atom. The third-order valence-electron chi connectivity index (χ3n) is 2.97. The lowest BCUT2D eigenvalue weighted by molar-refractivity contribution is -0.144. The first-order chi connectivity index (χ1) is 12.7. The molecule has 0 aliphatic rings. The van der Waals surface area contributed by atoms with Gasteiger partial charge >= 0.3 is 18.0 Å². The lowest BCUT2D eigenvalue weighted by Crippen LogP contribution is -2.56. The second kappa shape index (κ2) is 13.3. The van der Waals surface area contributed by atoms with Crippen LogP contribution in [0.25, 0.3) is 0 Å². The fraction of sp³-hybridized carbons (Fsp3) is 0.529. The van der Waals surface area contributed by atoms with Crippen molar-refractivity contribution >= 4 is 23.9 Å². The van der Waals surface area contributed by atoms with Gasteiger partial charge in [0.15, 0.2) is 0 Å². The Labute approximate surface area is 158 Å². The van der Waals surface area contributed by atoms with Crippen LogP contribution < -0.4 is 16.0 Å². The fourth-order valence-corrected chi connectivity index (χ4v) is 1.65. The molecule has 0 aromatic heterocycles. The van der Waals surface area contributed by atoms with Gasteiger partial charge in [0.25, 0.3) is 0 Å². The Bertz CT molecular complexity index is 525. The zero-order valence-electron chi connectivity index (χ0n) is 15.7. The number of rotatable bonds is 13.